The maximum atomic E-state index is 12.5. The number of nitrogens with zero attached hydrogens (tertiary/aromatic N) is 2. The molecule has 2 aromatic rings. The summed E-state index contributed by atoms with van der Waals surface area (Å²) in [6, 6.07) is 13.3. The van der Waals surface area contributed by atoms with Gasteiger partial charge >= 0.3 is 0 Å². The van der Waals surface area contributed by atoms with E-state index in [-0.39, 0.29) is 30.0 Å². The van der Waals surface area contributed by atoms with Gasteiger partial charge in [-0.3, -0.25) is 19.7 Å². The van der Waals surface area contributed by atoms with E-state index in [1.807, 2.05) is 24.3 Å². The maximum absolute atomic E-state index is 12.5. The van der Waals surface area contributed by atoms with E-state index < -0.39 is 4.92 Å². The number of hydrogen-bond donors (Lipinski definition) is 1. The van der Waals surface area contributed by atoms with Crippen molar-refractivity contribution in [3.05, 3.63) is 69.8 Å². The van der Waals surface area contributed by atoms with Crippen LogP contribution in [0.1, 0.15) is 30.5 Å². The Morgan fingerprint density at radius 1 is 1.23 bits per heavy atom. The number of nitro benzene ring substituents is 1. The van der Waals surface area contributed by atoms with E-state index in [9.17, 15) is 19.7 Å². The SMILES string of the molecule is CC(=O)N1CCc2ccccc2C1CC(=O)Nc1cccc([N+](=O)[O-])c1. The Morgan fingerprint density at radius 3 is 2.73 bits per heavy atom. The van der Waals surface area contributed by atoms with Gasteiger partial charge in [0, 0.05) is 31.3 Å². The predicted molar refractivity (Wildman–Crippen MR) is 96.6 cm³/mol. The van der Waals surface area contributed by atoms with E-state index in [2.05, 4.69) is 5.32 Å². The third-order valence-electron chi connectivity index (χ3n) is 4.54. The first kappa shape index (κ1) is 17.6. The summed E-state index contributed by atoms with van der Waals surface area (Å²) in [6.45, 7) is 2.07. The number of anilines is 1. The van der Waals surface area contributed by atoms with Gasteiger partial charge in [-0.1, -0.05) is 30.3 Å². The molecule has 3 rings (SSSR count). The van der Waals surface area contributed by atoms with Crippen molar-refractivity contribution in [2.45, 2.75) is 25.8 Å². The molecule has 0 bridgehead atoms. The molecule has 0 spiro atoms. The van der Waals surface area contributed by atoms with Crippen molar-refractivity contribution in [1.29, 1.82) is 0 Å². The van der Waals surface area contributed by atoms with Crippen molar-refractivity contribution in [1.82, 2.24) is 4.90 Å². The van der Waals surface area contributed by atoms with Crippen molar-refractivity contribution >= 4 is 23.2 Å². The molecule has 134 valence electrons. The Morgan fingerprint density at radius 2 is 2.00 bits per heavy atom. The largest absolute Gasteiger partial charge is 0.335 e. The second-order valence-electron chi connectivity index (χ2n) is 6.24. The second-order valence-corrected chi connectivity index (χ2v) is 6.24. The molecular formula is C19H19N3O4. The fraction of sp³-hybridized carbons (Fsp3) is 0.263. The third kappa shape index (κ3) is 3.72. The van der Waals surface area contributed by atoms with E-state index in [0.29, 0.717) is 12.2 Å². The Bertz CT molecular complexity index is 865. The van der Waals surface area contributed by atoms with Gasteiger partial charge in [-0.15, -0.1) is 0 Å². The molecule has 0 aromatic heterocycles. The van der Waals surface area contributed by atoms with Crippen LogP contribution in [0.25, 0.3) is 0 Å². The lowest BCUT2D eigenvalue weighted by atomic mass is 9.90. The quantitative estimate of drug-likeness (QED) is 0.675. The number of rotatable bonds is 4. The van der Waals surface area contributed by atoms with Gasteiger partial charge in [-0.25, -0.2) is 0 Å². The fourth-order valence-corrected chi connectivity index (χ4v) is 3.33. The van der Waals surface area contributed by atoms with E-state index in [1.54, 1.807) is 11.0 Å². The number of nitrogens with one attached hydrogen (secondary N) is 1. The van der Waals surface area contributed by atoms with Gasteiger partial charge in [-0.2, -0.15) is 0 Å². The van der Waals surface area contributed by atoms with Gasteiger partial charge in [0.25, 0.3) is 5.69 Å². The predicted octanol–water partition coefficient (Wildman–Crippen LogP) is 3.07. The number of fused-ring (bicyclic) bond motifs is 1. The first-order valence-electron chi connectivity index (χ1n) is 8.35. The number of hydrogen-bond acceptors (Lipinski definition) is 4. The summed E-state index contributed by atoms with van der Waals surface area (Å²) in [5.74, 6) is -0.369. The molecule has 0 saturated carbocycles. The van der Waals surface area contributed by atoms with Crippen LogP contribution in [0, 0.1) is 10.1 Å². The molecule has 1 atom stereocenters. The van der Waals surface area contributed by atoms with Gasteiger partial charge in [0.1, 0.15) is 0 Å². The highest BCUT2D eigenvalue weighted by Gasteiger charge is 2.30. The van der Waals surface area contributed by atoms with Crippen LogP contribution in [0.2, 0.25) is 0 Å². The lowest BCUT2D eigenvalue weighted by Gasteiger charge is -2.36. The molecule has 1 heterocycles. The van der Waals surface area contributed by atoms with Crippen LogP contribution in [-0.2, 0) is 16.0 Å². The monoisotopic (exact) mass is 353 g/mol. The van der Waals surface area contributed by atoms with Crippen molar-refractivity contribution in [3.8, 4) is 0 Å². The topological polar surface area (TPSA) is 92.6 Å². The molecular weight excluding hydrogens is 334 g/mol. The Kier molecular flexibility index (Phi) is 4.97. The van der Waals surface area contributed by atoms with Crippen LogP contribution < -0.4 is 5.32 Å². The molecule has 1 aliphatic heterocycles. The van der Waals surface area contributed by atoms with Crippen LogP contribution >= 0.6 is 0 Å². The van der Waals surface area contributed by atoms with Crippen LogP contribution in [0.4, 0.5) is 11.4 Å². The minimum absolute atomic E-state index is 0.0762. The second kappa shape index (κ2) is 7.35. The van der Waals surface area contributed by atoms with Crippen molar-refractivity contribution in [2.24, 2.45) is 0 Å². The van der Waals surface area contributed by atoms with E-state index in [4.69, 9.17) is 0 Å². The summed E-state index contributed by atoms with van der Waals surface area (Å²) in [7, 11) is 0. The van der Waals surface area contributed by atoms with Gasteiger partial charge in [0.15, 0.2) is 0 Å². The minimum Gasteiger partial charge on any atom is -0.335 e. The van der Waals surface area contributed by atoms with E-state index in [1.165, 1.54) is 25.1 Å². The Balaban J connectivity index is 1.79. The summed E-state index contributed by atoms with van der Waals surface area (Å²) in [4.78, 5) is 36.6. The molecule has 0 fully saturated rings. The van der Waals surface area contributed by atoms with Gasteiger partial charge in [0.2, 0.25) is 11.8 Å². The van der Waals surface area contributed by atoms with Crippen LogP contribution in [0.15, 0.2) is 48.5 Å². The molecule has 7 heteroatoms. The summed E-state index contributed by atoms with van der Waals surface area (Å²) < 4.78 is 0. The molecule has 26 heavy (non-hydrogen) atoms. The molecule has 0 saturated heterocycles. The molecule has 2 aromatic carbocycles. The first-order chi connectivity index (χ1) is 12.5. The highest BCUT2D eigenvalue weighted by atomic mass is 16.6. The number of benzene rings is 2. The van der Waals surface area contributed by atoms with Crippen LogP contribution in [0.3, 0.4) is 0 Å². The van der Waals surface area contributed by atoms with Crippen molar-refractivity contribution < 1.29 is 14.5 Å². The minimum atomic E-state index is -0.509. The zero-order valence-corrected chi connectivity index (χ0v) is 14.3. The molecule has 1 unspecified atom stereocenters. The van der Waals surface area contributed by atoms with Gasteiger partial charge in [0.05, 0.1) is 17.4 Å². The maximum Gasteiger partial charge on any atom is 0.271 e. The van der Waals surface area contributed by atoms with Crippen molar-refractivity contribution in [2.75, 3.05) is 11.9 Å². The van der Waals surface area contributed by atoms with Crippen LogP contribution in [-0.4, -0.2) is 28.2 Å². The Labute approximate surface area is 150 Å². The Hall–Kier alpha value is -3.22. The summed E-state index contributed by atoms with van der Waals surface area (Å²) in [5, 5.41) is 13.6. The molecule has 1 N–H and O–H groups in total. The number of non-ortho nitro benzene ring substituents is 1. The normalized spacial score (nSPS) is 15.9. The summed E-state index contributed by atoms with van der Waals surface area (Å²) in [6.07, 6.45) is 0.859. The summed E-state index contributed by atoms with van der Waals surface area (Å²) in [5.41, 5.74) is 2.39. The lowest BCUT2D eigenvalue weighted by Crippen LogP contribution is -2.40. The zero-order chi connectivity index (χ0) is 18.7. The van der Waals surface area contributed by atoms with E-state index in [0.717, 1.165) is 17.5 Å². The average Bonchev–Trinajstić information content (AvgIpc) is 2.61. The molecule has 0 aliphatic carbocycles. The smallest absolute Gasteiger partial charge is 0.271 e. The van der Waals surface area contributed by atoms with Crippen LogP contribution in [0.5, 0.6) is 0 Å². The average molecular weight is 353 g/mol. The highest BCUT2D eigenvalue weighted by Crippen LogP contribution is 2.32. The molecule has 0 radical (unpaired) electrons. The van der Waals surface area contributed by atoms with Gasteiger partial charge in [-0.05, 0) is 23.6 Å². The molecule has 7 nitrogen and oxygen atoms in total. The fourth-order valence-electron chi connectivity index (χ4n) is 3.33. The third-order valence-corrected chi connectivity index (χ3v) is 4.54. The first-order valence-corrected chi connectivity index (χ1v) is 8.35. The van der Waals surface area contributed by atoms with Gasteiger partial charge < -0.3 is 10.2 Å². The van der Waals surface area contributed by atoms with Crippen molar-refractivity contribution in [3.63, 3.8) is 0 Å². The van der Waals surface area contributed by atoms with E-state index >= 15 is 0 Å². The zero-order valence-electron chi connectivity index (χ0n) is 14.3. The highest BCUT2D eigenvalue weighted by molar-refractivity contribution is 5.92. The lowest BCUT2D eigenvalue weighted by molar-refractivity contribution is -0.384. The number of nitro groups is 1. The standard InChI is InChI=1S/C19H19N3O4/c1-13(23)21-10-9-14-5-2-3-8-17(14)18(21)12-19(24)20-15-6-4-7-16(11-15)22(25)26/h2-8,11,18H,9-10,12H2,1H3,(H,20,24). The molecule has 2 amide bonds. The number of carbonyl (C=O) groups excluding carboxylic acids is 2. The summed E-state index contributed by atoms with van der Waals surface area (Å²) >= 11 is 0. The number of carbonyl (C=O) groups is 2. The molecule has 1 aliphatic rings. The number of amides is 2.